The van der Waals surface area contributed by atoms with Gasteiger partial charge in [-0.05, 0) is 32.0 Å². The number of alkyl halides is 2. The van der Waals surface area contributed by atoms with Crippen LogP contribution in [-0.4, -0.2) is 32.8 Å². The lowest BCUT2D eigenvalue weighted by Gasteiger charge is -2.27. The first-order valence-electron chi connectivity index (χ1n) is 5.95. The van der Waals surface area contributed by atoms with E-state index < -0.39 is 15.6 Å². The molecule has 0 aliphatic carbocycles. The Balaban J connectivity index is 2.37. The first kappa shape index (κ1) is 14.2. The van der Waals surface area contributed by atoms with E-state index in [0.29, 0.717) is 6.54 Å². The first-order chi connectivity index (χ1) is 8.85. The molecule has 0 radical (unpaired) electrons. The van der Waals surface area contributed by atoms with Crippen molar-refractivity contribution in [1.82, 2.24) is 5.32 Å². The summed E-state index contributed by atoms with van der Waals surface area (Å²) in [7, 11) is -4.59. The summed E-state index contributed by atoms with van der Waals surface area (Å²) in [6, 6.07) is 5.78. The monoisotopic (exact) mass is 290 g/mol. The fraction of sp³-hybridized carbons (Fsp3) is 0.500. The number of nitrogens with one attached hydrogen (secondary N) is 2. The third-order valence-corrected chi connectivity index (χ3v) is 4.67. The normalized spacial score (nSPS) is 23.8. The molecular weight excluding hydrogens is 274 g/mol. The van der Waals surface area contributed by atoms with Gasteiger partial charge in [0.1, 0.15) is 0 Å². The van der Waals surface area contributed by atoms with Crippen LogP contribution in [0.2, 0.25) is 0 Å². The highest BCUT2D eigenvalue weighted by atomic mass is 32.2. The minimum Gasteiger partial charge on any atom is -0.377 e. The van der Waals surface area contributed by atoms with Crippen LogP contribution in [0.1, 0.15) is 13.3 Å². The minimum atomic E-state index is -4.59. The van der Waals surface area contributed by atoms with E-state index >= 15 is 0 Å². The fourth-order valence-corrected chi connectivity index (χ4v) is 3.05. The molecule has 1 saturated heterocycles. The summed E-state index contributed by atoms with van der Waals surface area (Å²) in [6.07, 6.45) is 0.802. The summed E-state index contributed by atoms with van der Waals surface area (Å²) in [5.74, 6) is -3.41. The van der Waals surface area contributed by atoms with Gasteiger partial charge in [-0.1, -0.05) is 12.1 Å². The SMILES string of the molecule is CC1(Nc2ccccc2S(=O)(=O)C(F)F)CCNC1. The molecule has 1 aliphatic rings. The molecule has 1 aliphatic heterocycles. The summed E-state index contributed by atoms with van der Waals surface area (Å²) < 4.78 is 48.6. The molecular formula is C12H16F2N2O2S. The van der Waals surface area contributed by atoms with E-state index in [1.807, 2.05) is 6.92 Å². The molecule has 1 unspecified atom stereocenters. The molecule has 7 heteroatoms. The minimum absolute atomic E-state index is 0.231. The van der Waals surface area contributed by atoms with E-state index in [0.717, 1.165) is 13.0 Å². The Labute approximate surface area is 111 Å². The van der Waals surface area contributed by atoms with Gasteiger partial charge in [0.05, 0.1) is 10.6 Å². The highest BCUT2D eigenvalue weighted by Crippen LogP contribution is 2.29. The van der Waals surface area contributed by atoms with E-state index in [1.54, 1.807) is 6.07 Å². The molecule has 1 atom stereocenters. The number of benzene rings is 1. The van der Waals surface area contributed by atoms with Gasteiger partial charge in [-0.15, -0.1) is 0 Å². The second-order valence-electron chi connectivity index (χ2n) is 4.91. The van der Waals surface area contributed by atoms with Gasteiger partial charge in [0.15, 0.2) is 0 Å². The highest BCUT2D eigenvalue weighted by Gasteiger charge is 2.33. The van der Waals surface area contributed by atoms with Crippen LogP contribution >= 0.6 is 0 Å². The first-order valence-corrected chi connectivity index (χ1v) is 7.50. The molecule has 0 aromatic heterocycles. The lowest BCUT2D eigenvalue weighted by Crippen LogP contribution is -2.37. The third kappa shape index (κ3) is 2.87. The number of hydrogen-bond acceptors (Lipinski definition) is 4. The van der Waals surface area contributed by atoms with Gasteiger partial charge in [-0.3, -0.25) is 0 Å². The standard InChI is InChI=1S/C12H16F2N2O2S/c1-12(6-7-15-8-12)16-9-4-2-3-5-10(9)19(17,18)11(13)14/h2-5,11,15-16H,6-8H2,1H3. The van der Waals surface area contributed by atoms with Gasteiger partial charge in [0.25, 0.3) is 0 Å². The molecule has 0 bridgehead atoms. The Morgan fingerprint density at radius 2 is 2.05 bits per heavy atom. The molecule has 1 aromatic rings. The Kier molecular flexibility index (Phi) is 3.78. The molecule has 1 heterocycles. The number of rotatable bonds is 4. The van der Waals surface area contributed by atoms with E-state index in [4.69, 9.17) is 0 Å². The summed E-state index contributed by atoms with van der Waals surface area (Å²) in [5.41, 5.74) is -0.0951. The van der Waals surface area contributed by atoms with E-state index in [2.05, 4.69) is 10.6 Å². The van der Waals surface area contributed by atoms with Crippen LogP contribution in [0.15, 0.2) is 29.2 Å². The van der Waals surface area contributed by atoms with Crippen molar-refractivity contribution >= 4 is 15.5 Å². The van der Waals surface area contributed by atoms with E-state index in [-0.39, 0.29) is 16.1 Å². The Bertz CT molecular complexity index is 555. The van der Waals surface area contributed by atoms with Crippen molar-refractivity contribution in [3.8, 4) is 0 Å². The summed E-state index contributed by atoms with van der Waals surface area (Å²) in [5, 5.41) is 6.23. The van der Waals surface area contributed by atoms with Crippen LogP contribution < -0.4 is 10.6 Å². The van der Waals surface area contributed by atoms with Gasteiger partial charge < -0.3 is 10.6 Å². The van der Waals surface area contributed by atoms with Crippen LogP contribution in [0.3, 0.4) is 0 Å². The number of anilines is 1. The van der Waals surface area contributed by atoms with Gasteiger partial charge in [0, 0.05) is 12.1 Å². The molecule has 19 heavy (non-hydrogen) atoms. The summed E-state index contributed by atoms with van der Waals surface area (Å²) in [4.78, 5) is -0.349. The average molecular weight is 290 g/mol. The topological polar surface area (TPSA) is 58.2 Å². The molecule has 4 nitrogen and oxygen atoms in total. The van der Waals surface area contributed by atoms with Crippen molar-refractivity contribution < 1.29 is 17.2 Å². The number of sulfone groups is 1. The smallest absolute Gasteiger partial charge is 0.341 e. The summed E-state index contributed by atoms with van der Waals surface area (Å²) >= 11 is 0. The van der Waals surface area contributed by atoms with Gasteiger partial charge >= 0.3 is 5.76 Å². The lowest BCUT2D eigenvalue weighted by atomic mass is 10.0. The predicted octanol–water partition coefficient (Wildman–Crippen LogP) is 1.85. The molecule has 2 N–H and O–H groups in total. The maximum Gasteiger partial charge on any atom is 0.341 e. The number of hydrogen-bond donors (Lipinski definition) is 2. The molecule has 1 fully saturated rings. The Morgan fingerprint density at radius 1 is 1.37 bits per heavy atom. The van der Waals surface area contributed by atoms with Gasteiger partial charge in [0.2, 0.25) is 9.84 Å². The second-order valence-corrected chi connectivity index (χ2v) is 6.80. The maximum absolute atomic E-state index is 12.7. The Hall–Kier alpha value is -1.21. The van der Waals surface area contributed by atoms with Crippen LogP contribution in [0.4, 0.5) is 14.5 Å². The molecule has 0 spiro atoms. The van der Waals surface area contributed by atoms with Crippen molar-refractivity contribution in [2.75, 3.05) is 18.4 Å². The maximum atomic E-state index is 12.7. The number of para-hydroxylation sites is 1. The molecule has 1 aromatic carbocycles. The molecule has 106 valence electrons. The fourth-order valence-electron chi connectivity index (χ4n) is 2.16. The summed E-state index contributed by atoms with van der Waals surface area (Å²) in [6.45, 7) is 3.40. The van der Waals surface area contributed by atoms with Crippen LogP contribution in [-0.2, 0) is 9.84 Å². The van der Waals surface area contributed by atoms with Gasteiger partial charge in [-0.25, -0.2) is 8.42 Å². The van der Waals surface area contributed by atoms with Crippen molar-refractivity contribution in [3.63, 3.8) is 0 Å². The quantitative estimate of drug-likeness (QED) is 0.888. The van der Waals surface area contributed by atoms with Crippen molar-refractivity contribution in [2.45, 2.75) is 29.5 Å². The van der Waals surface area contributed by atoms with Gasteiger partial charge in [-0.2, -0.15) is 8.78 Å². The van der Waals surface area contributed by atoms with Crippen LogP contribution in [0.25, 0.3) is 0 Å². The Morgan fingerprint density at radius 3 is 2.63 bits per heavy atom. The van der Waals surface area contributed by atoms with E-state index in [9.17, 15) is 17.2 Å². The lowest BCUT2D eigenvalue weighted by molar-refractivity contribution is 0.235. The zero-order chi connectivity index (χ0) is 14.1. The second kappa shape index (κ2) is 5.05. The van der Waals surface area contributed by atoms with Crippen LogP contribution in [0.5, 0.6) is 0 Å². The highest BCUT2D eigenvalue weighted by molar-refractivity contribution is 7.91. The number of halogens is 2. The van der Waals surface area contributed by atoms with Crippen molar-refractivity contribution in [1.29, 1.82) is 0 Å². The van der Waals surface area contributed by atoms with Crippen LogP contribution in [0, 0.1) is 0 Å². The molecule has 0 amide bonds. The third-order valence-electron chi connectivity index (χ3n) is 3.23. The average Bonchev–Trinajstić information content (AvgIpc) is 2.76. The van der Waals surface area contributed by atoms with E-state index in [1.165, 1.54) is 18.2 Å². The zero-order valence-electron chi connectivity index (χ0n) is 10.5. The predicted molar refractivity (Wildman–Crippen MR) is 69.1 cm³/mol. The molecule has 0 saturated carbocycles. The van der Waals surface area contributed by atoms with Crippen molar-refractivity contribution in [3.05, 3.63) is 24.3 Å². The molecule has 2 rings (SSSR count). The van der Waals surface area contributed by atoms with Crippen molar-refractivity contribution in [2.24, 2.45) is 0 Å². The largest absolute Gasteiger partial charge is 0.377 e. The zero-order valence-corrected chi connectivity index (χ0v) is 11.3.